The molecule has 3 saturated heterocycles. The fourth-order valence-corrected chi connectivity index (χ4v) is 3.85. The van der Waals surface area contributed by atoms with Gasteiger partial charge in [0, 0.05) is 23.5 Å². The SMILES string of the molecule is CC1CCC(C)SC1.CC1COC(CC2OCC(C)CO2)OC1. The fraction of sp³-hybridized carbons (Fsp3) is 1.00. The molecular weight excluding hydrogens is 312 g/mol. The van der Waals surface area contributed by atoms with Crippen molar-refractivity contribution in [3.63, 3.8) is 0 Å². The summed E-state index contributed by atoms with van der Waals surface area (Å²) >= 11 is 2.13. The van der Waals surface area contributed by atoms with E-state index in [4.69, 9.17) is 18.9 Å². The molecule has 136 valence electrons. The first kappa shape index (κ1) is 19.5. The van der Waals surface area contributed by atoms with Crippen LogP contribution in [0.2, 0.25) is 0 Å². The topological polar surface area (TPSA) is 36.9 Å². The lowest BCUT2D eigenvalue weighted by Gasteiger charge is -2.32. The molecule has 3 rings (SSSR count). The highest BCUT2D eigenvalue weighted by molar-refractivity contribution is 7.99. The molecule has 0 aromatic heterocycles. The van der Waals surface area contributed by atoms with Crippen molar-refractivity contribution in [2.24, 2.45) is 17.8 Å². The van der Waals surface area contributed by atoms with Crippen molar-refractivity contribution in [3.8, 4) is 0 Å². The van der Waals surface area contributed by atoms with E-state index in [1.807, 2.05) is 0 Å². The van der Waals surface area contributed by atoms with Crippen molar-refractivity contribution in [1.82, 2.24) is 0 Å². The van der Waals surface area contributed by atoms with Crippen LogP contribution in [-0.2, 0) is 18.9 Å². The van der Waals surface area contributed by atoms with Gasteiger partial charge < -0.3 is 18.9 Å². The summed E-state index contributed by atoms with van der Waals surface area (Å²) in [5, 5.41) is 0.936. The molecule has 0 amide bonds. The lowest BCUT2D eigenvalue weighted by Crippen LogP contribution is -2.38. The molecule has 4 nitrogen and oxygen atoms in total. The summed E-state index contributed by atoms with van der Waals surface area (Å²) in [6.07, 6.45) is 3.26. The largest absolute Gasteiger partial charge is 0.352 e. The van der Waals surface area contributed by atoms with Gasteiger partial charge in [0.05, 0.1) is 26.4 Å². The average Bonchev–Trinajstić information content (AvgIpc) is 2.55. The summed E-state index contributed by atoms with van der Waals surface area (Å²) in [4.78, 5) is 0. The number of hydrogen-bond acceptors (Lipinski definition) is 5. The molecule has 2 unspecified atom stereocenters. The first-order chi connectivity index (χ1) is 11.0. The molecule has 0 aromatic rings. The van der Waals surface area contributed by atoms with Crippen LogP contribution >= 0.6 is 11.8 Å². The first-order valence-corrected chi connectivity index (χ1v) is 10.2. The van der Waals surface area contributed by atoms with E-state index in [-0.39, 0.29) is 12.6 Å². The zero-order valence-corrected chi connectivity index (χ0v) is 16.0. The zero-order valence-electron chi connectivity index (χ0n) is 15.2. The highest BCUT2D eigenvalue weighted by atomic mass is 32.2. The second kappa shape index (κ2) is 10.2. The molecule has 0 saturated carbocycles. The van der Waals surface area contributed by atoms with Gasteiger partial charge in [-0.15, -0.1) is 0 Å². The van der Waals surface area contributed by atoms with Gasteiger partial charge in [-0.1, -0.05) is 27.7 Å². The van der Waals surface area contributed by atoms with Crippen LogP contribution in [0.5, 0.6) is 0 Å². The Morgan fingerprint density at radius 2 is 1.17 bits per heavy atom. The average molecular weight is 347 g/mol. The van der Waals surface area contributed by atoms with Crippen molar-refractivity contribution in [2.45, 2.75) is 64.8 Å². The van der Waals surface area contributed by atoms with Crippen LogP contribution in [0.15, 0.2) is 0 Å². The number of hydrogen-bond donors (Lipinski definition) is 0. The third-order valence-corrected chi connectivity index (χ3v) is 5.95. The molecule has 5 heteroatoms. The van der Waals surface area contributed by atoms with Crippen LogP contribution in [0.3, 0.4) is 0 Å². The number of ether oxygens (including phenoxy) is 4. The van der Waals surface area contributed by atoms with Gasteiger partial charge >= 0.3 is 0 Å². The maximum atomic E-state index is 5.54. The molecule has 3 fully saturated rings. The molecule has 0 N–H and O–H groups in total. The minimum Gasteiger partial charge on any atom is -0.352 e. The third kappa shape index (κ3) is 7.74. The fourth-order valence-electron chi connectivity index (χ4n) is 2.72. The van der Waals surface area contributed by atoms with Gasteiger partial charge in [0.15, 0.2) is 12.6 Å². The molecule has 2 atom stereocenters. The second-order valence-electron chi connectivity index (χ2n) is 7.46. The predicted octanol–water partition coefficient (Wildman–Crippen LogP) is 3.93. The van der Waals surface area contributed by atoms with E-state index in [2.05, 4.69) is 39.5 Å². The van der Waals surface area contributed by atoms with Crippen LogP contribution < -0.4 is 0 Å². The maximum absolute atomic E-state index is 5.54. The Balaban J connectivity index is 0.000000203. The predicted molar refractivity (Wildman–Crippen MR) is 94.6 cm³/mol. The summed E-state index contributed by atoms with van der Waals surface area (Å²) in [6.45, 7) is 12.0. The lowest BCUT2D eigenvalue weighted by atomic mass is 10.1. The molecule has 3 heterocycles. The number of thioether (sulfide) groups is 1. The summed E-state index contributed by atoms with van der Waals surface area (Å²) < 4.78 is 22.2. The highest BCUT2D eigenvalue weighted by Gasteiger charge is 2.26. The molecule has 0 spiro atoms. The Labute approximate surface area is 146 Å². The Hall–Kier alpha value is 0.190. The molecule has 0 aliphatic carbocycles. The van der Waals surface area contributed by atoms with Crippen LogP contribution in [0.1, 0.15) is 47.0 Å². The maximum Gasteiger partial charge on any atom is 0.162 e. The van der Waals surface area contributed by atoms with Crippen molar-refractivity contribution in [3.05, 3.63) is 0 Å². The third-order valence-electron chi connectivity index (χ3n) is 4.38. The van der Waals surface area contributed by atoms with E-state index in [1.54, 1.807) is 0 Å². The van der Waals surface area contributed by atoms with Gasteiger partial charge in [-0.25, -0.2) is 0 Å². The van der Waals surface area contributed by atoms with Gasteiger partial charge in [-0.2, -0.15) is 11.8 Å². The Morgan fingerprint density at radius 3 is 1.52 bits per heavy atom. The Bertz CT molecular complexity index is 274. The van der Waals surface area contributed by atoms with Gasteiger partial charge in [0.2, 0.25) is 0 Å². The summed E-state index contributed by atoms with van der Waals surface area (Å²) in [5.74, 6) is 3.36. The van der Waals surface area contributed by atoms with E-state index in [1.165, 1.54) is 18.6 Å². The normalized spacial score (nSPS) is 41.7. The van der Waals surface area contributed by atoms with Crippen molar-refractivity contribution in [1.29, 1.82) is 0 Å². The van der Waals surface area contributed by atoms with Crippen LogP contribution in [0.25, 0.3) is 0 Å². The molecule has 3 aliphatic rings. The monoisotopic (exact) mass is 346 g/mol. The standard InChI is InChI=1S/C11H20O4.C7H14S/c1-8-4-12-10(13-5-8)3-11-14-6-9(2)7-15-11;1-6-3-4-7(2)8-5-6/h8-11H,3-7H2,1-2H3;6-7H,3-5H2,1-2H3. The lowest BCUT2D eigenvalue weighted by molar-refractivity contribution is -0.259. The van der Waals surface area contributed by atoms with Crippen LogP contribution in [-0.4, -0.2) is 50.0 Å². The zero-order chi connectivity index (χ0) is 16.7. The smallest absolute Gasteiger partial charge is 0.162 e. The minimum absolute atomic E-state index is 0.153. The molecule has 0 aromatic carbocycles. The molecule has 23 heavy (non-hydrogen) atoms. The molecule has 3 aliphatic heterocycles. The molecule has 0 radical (unpaired) electrons. The van der Waals surface area contributed by atoms with E-state index in [9.17, 15) is 0 Å². The quantitative estimate of drug-likeness (QED) is 0.757. The second-order valence-corrected chi connectivity index (χ2v) is 8.94. The summed E-state index contributed by atoms with van der Waals surface area (Å²) in [6, 6.07) is 0. The van der Waals surface area contributed by atoms with Gasteiger partial charge in [0.1, 0.15) is 0 Å². The van der Waals surface area contributed by atoms with Crippen molar-refractivity contribution < 1.29 is 18.9 Å². The number of rotatable bonds is 2. The minimum atomic E-state index is -0.153. The summed E-state index contributed by atoms with van der Waals surface area (Å²) in [5.41, 5.74) is 0. The van der Waals surface area contributed by atoms with Crippen LogP contribution in [0.4, 0.5) is 0 Å². The van der Waals surface area contributed by atoms with Gasteiger partial charge in [-0.3, -0.25) is 0 Å². The Morgan fingerprint density at radius 1 is 0.696 bits per heavy atom. The molecular formula is C18H34O4S. The van der Waals surface area contributed by atoms with Gasteiger partial charge in [-0.05, 0) is 24.5 Å². The van der Waals surface area contributed by atoms with Crippen LogP contribution in [0, 0.1) is 17.8 Å². The van der Waals surface area contributed by atoms with E-state index < -0.39 is 0 Å². The van der Waals surface area contributed by atoms with Crippen molar-refractivity contribution >= 4 is 11.8 Å². The van der Waals surface area contributed by atoms with E-state index >= 15 is 0 Å². The van der Waals surface area contributed by atoms with Gasteiger partial charge in [0.25, 0.3) is 0 Å². The van der Waals surface area contributed by atoms with E-state index in [0.29, 0.717) is 18.3 Å². The first-order valence-electron chi connectivity index (χ1n) is 9.11. The molecule has 0 bridgehead atoms. The highest BCUT2D eigenvalue weighted by Crippen LogP contribution is 2.28. The van der Waals surface area contributed by atoms with E-state index in [0.717, 1.165) is 37.6 Å². The van der Waals surface area contributed by atoms with Crippen molar-refractivity contribution in [2.75, 3.05) is 32.2 Å². The Kier molecular flexibility index (Phi) is 8.69. The summed E-state index contributed by atoms with van der Waals surface area (Å²) in [7, 11) is 0.